The maximum atomic E-state index is 11.9. The molecule has 2 N–H and O–H groups in total. The Morgan fingerprint density at radius 3 is 2.76 bits per heavy atom. The van der Waals surface area contributed by atoms with Crippen LogP contribution in [0.4, 0.5) is 13.2 Å². The summed E-state index contributed by atoms with van der Waals surface area (Å²) in [5.41, 5.74) is 5.64. The Bertz CT molecular complexity index is 340. The van der Waals surface area contributed by atoms with Crippen LogP contribution in [-0.4, -0.2) is 29.5 Å². The zero-order chi connectivity index (χ0) is 12.9. The van der Waals surface area contributed by atoms with Crippen molar-refractivity contribution in [3.05, 3.63) is 11.7 Å². The van der Waals surface area contributed by atoms with Gasteiger partial charge in [-0.05, 0) is 6.92 Å². The highest BCUT2D eigenvalue weighted by molar-refractivity contribution is 4.93. The molecule has 0 spiro atoms. The Hall–Kier alpha value is -1.15. The molecular weight excluding hydrogens is 239 g/mol. The first kappa shape index (κ1) is 13.9. The normalized spacial score (nSPS) is 13.9. The van der Waals surface area contributed by atoms with E-state index in [0.717, 1.165) is 0 Å². The lowest BCUT2D eigenvalue weighted by atomic mass is 10.3. The molecular formula is C9H14F3N3O2. The van der Waals surface area contributed by atoms with Crippen molar-refractivity contribution in [2.45, 2.75) is 32.0 Å². The summed E-state index contributed by atoms with van der Waals surface area (Å²) in [4.78, 5) is 3.78. The van der Waals surface area contributed by atoms with E-state index in [-0.39, 0.29) is 24.7 Å². The molecule has 0 aromatic carbocycles. The smallest absolute Gasteiger partial charge is 0.380 e. The van der Waals surface area contributed by atoms with E-state index < -0.39 is 18.6 Å². The highest BCUT2D eigenvalue weighted by Gasteiger charge is 2.28. The van der Waals surface area contributed by atoms with Crippen molar-refractivity contribution in [1.29, 1.82) is 0 Å². The lowest BCUT2D eigenvalue weighted by Crippen LogP contribution is -2.18. The number of hydrogen-bond donors (Lipinski definition) is 1. The van der Waals surface area contributed by atoms with Crippen molar-refractivity contribution < 1.29 is 22.4 Å². The number of nitrogens with zero attached hydrogens (tertiary/aromatic N) is 2. The van der Waals surface area contributed by atoms with E-state index in [0.29, 0.717) is 6.61 Å². The number of halogens is 3. The molecule has 0 aliphatic rings. The largest absolute Gasteiger partial charge is 0.389 e. The van der Waals surface area contributed by atoms with Crippen LogP contribution in [0.1, 0.15) is 31.1 Å². The third-order valence-electron chi connectivity index (χ3n) is 1.94. The summed E-state index contributed by atoms with van der Waals surface area (Å²) in [6.45, 7) is 2.50. The number of aryl methyl sites for hydroxylation is 1. The molecule has 0 saturated carbocycles. The summed E-state index contributed by atoms with van der Waals surface area (Å²) in [6.07, 6.45) is -5.56. The fraction of sp³-hybridized carbons (Fsp3) is 0.778. The standard InChI is InChI=1S/C9H14F3N3O2/c1-2-16-5-6(13)8-14-7(17-15-8)3-4-9(10,11)12/h6H,2-5,13H2,1H3. The first-order valence-electron chi connectivity index (χ1n) is 5.15. The van der Waals surface area contributed by atoms with Crippen molar-refractivity contribution in [3.8, 4) is 0 Å². The van der Waals surface area contributed by atoms with Gasteiger partial charge >= 0.3 is 6.18 Å². The van der Waals surface area contributed by atoms with E-state index in [2.05, 4.69) is 14.7 Å². The zero-order valence-corrected chi connectivity index (χ0v) is 9.33. The van der Waals surface area contributed by atoms with Gasteiger partial charge < -0.3 is 15.0 Å². The van der Waals surface area contributed by atoms with Crippen LogP contribution in [-0.2, 0) is 11.2 Å². The predicted octanol–water partition coefficient (Wildman–Crippen LogP) is 1.60. The van der Waals surface area contributed by atoms with Crippen LogP contribution in [0.5, 0.6) is 0 Å². The van der Waals surface area contributed by atoms with Gasteiger partial charge in [0.25, 0.3) is 0 Å². The van der Waals surface area contributed by atoms with Crippen molar-refractivity contribution in [1.82, 2.24) is 10.1 Å². The van der Waals surface area contributed by atoms with Gasteiger partial charge in [-0.25, -0.2) is 0 Å². The third-order valence-corrected chi connectivity index (χ3v) is 1.94. The molecule has 1 atom stereocenters. The second-order valence-electron chi connectivity index (χ2n) is 3.43. The van der Waals surface area contributed by atoms with Crippen LogP contribution < -0.4 is 5.73 Å². The van der Waals surface area contributed by atoms with E-state index in [1.54, 1.807) is 6.92 Å². The molecule has 1 unspecified atom stereocenters. The molecule has 1 rings (SSSR count). The van der Waals surface area contributed by atoms with Crippen molar-refractivity contribution >= 4 is 0 Å². The van der Waals surface area contributed by atoms with Gasteiger partial charge in [-0.3, -0.25) is 0 Å². The van der Waals surface area contributed by atoms with Gasteiger partial charge in [0.2, 0.25) is 5.89 Å². The van der Waals surface area contributed by atoms with E-state index in [1.807, 2.05) is 0 Å². The number of nitrogens with two attached hydrogens (primary N) is 1. The van der Waals surface area contributed by atoms with Gasteiger partial charge in [0.15, 0.2) is 5.82 Å². The summed E-state index contributed by atoms with van der Waals surface area (Å²) in [5.74, 6) is 0.0971. The van der Waals surface area contributed by atoms with Crippen LogP contribution in [0.2, 0.25) is 0 Å². The average molecular weight is 253 g/mol. The molecule has 1 aromatic heterocycles. The van der Waals surface area contributed by atoms with Gasteiger partial charge in [0.1, 0.15) is 0 Å². The van der Waals surface area contributed by atoms with E-state index in [4.69, 9.17) is 10.5 Å². The molecule has 5 nitrogen and oxygen atoms in total. The van der Waals surface area contributed by atoms with Gasteiger partial charge in [0.05, 0.1) is 19.1 Å². The quantitative estimate of drug-likeness (QED) is 0.833. The summed E-state index contributed by atoms with van der Waals surface area (Å²) in [5, 5.41) is 3.51. The van der Waals surface area contributed by atoms with Gasteiger partial charge in [0, 0.05) is 13.0 Å². The average Bonchev–Trinajstić information content (AvgIpc) is 2.70. The monoisotopic (exact) mass is 253 g/mol. The minimum absolute atomic E-state index is 0.0655. The Balaban J connectivity index is 2.47. The van der Waals surface area contributed by atoms with Crippen LogP contribution in [0.3, 0.4) is 0 Å². The molecule has 0 aliphatic heterocycles. The first-order chi connectivity index (χ1) is 7.92. The lowest BCUT2D eigenvalue weighted by Gasteiger charge is -2.05. The Morgan fingerprint density at radius 1 is 1.47 bits per heavy atom. The number of rotatable bonds is 6. The first-order valence-corrected chi connectivity index (χ1v) is 5.15. The molecule has 0 amide bonds. The molecule has 98 valence electrons. The lowest BCUT2D eigenvalue weighted by molar-refractivity contribution is -0.134. The number of hydrogen-bond acceptors (Lipinski definition) is 5. The minimum atomic E-state index is -4.23. The van der Waals surface area contributed by atoms with Gasteiger partial charge in [-0.2, -0.15) is 18.2 Å². The minimum Gasteiger partial charge on any atom is -0.380 e. The number of alkyl halides is 3. The summed E-state index contributed by atoms with van der Waals surface area (Å²) in [7, 11) is 0. The molecule has 1 aromatic rings. The SMILES string of the molecule is CCOCC(N)c1noc(CCC(F)(F)F)n1. The van der Waals surface area contributed by atoms with Crippen LogP contribution in [0, 0.1) is 0 Å². The van der Waals surface area contributed by atoms with E-state index in [1.165, 1.54) is 0 Å². The zero-order valence-electron chi connectivity index (χ0n) is 9.33. The Kier molecular flexibility index (Phi) is 4.88. The molecule has 0 fully saturated rings. The molecule has 0 aliphatic carbocycles. The summed E-state index contributed by atoms with van der Waals surface area (Å²) >= 11 is 0. The maximum absolute atomic E-state index is 11.9. The molecule has 1 heterocycles. The van der Waals surface area contributed by atoms with Crippen molar-refractivity contribution in [3.63, 3.8) is 0 Å². The Morgan fingerprint density at radius 2 is 2.18 bits per heavy atom. The van der Waals surface area contributed by atoms with E-state index >= 15 is 0 Å². The molecule has 0 saturated heterocycles. The second-order valence-corrected chi connectivity index (χ2v) is 3.43. The fourth-order valence-electron chi connectivity index (χ4n) is 1.09. The topological polar surface area (TPSA) is 74.2 Å². The summed E-state index contributed by atoms with van der Waals surface area (Å²) < 4.78 is 45.5. The van der Waals surface area contributed by atoms with E-state index in [9.17, 15) is 13.2 Å². The molecule has 8 heteroatoms. The van der Waals surface area contributed by atoms with Crippen LogP contribution in [0.15, 0.2) is 4.52 Å². The predicted molar refractivity (Wildman–Crippen MR) is 52.1 cm³/mol. The highest BCUT2D eigenvalue weighted by Crippen LogP contribution is 2.21. The third kappa shape index (κ3) is 5.14. The van der Waals surface area contributed by atoms with Crippen molar-refractivity contribution in [2.24, 2.45) is 5.73 Å². The second kappa shape index (κ2) is 5.97. The molecule has 17 heavy (non-hydrogen) atoms. The summed E-state index contributed by atoms with van der Waals surface area (Å²) in [6, 6.07) is -0.585. The number of aromatic nitrogens is 2. The maximum Gasteiger partial charge on any atom is 0.389 e. The van der Waals surface area contributed by atoms with Gasteiger partial charge in [-0.15, -0.1) is 0 Å². The highest BCUT2D eigenvalue weighted by atomic mass is 19.4. The molecule has 0 radical (unpaired) electrons. The Labute approximate surface area is 96.1 Å². The number of ether oxygens (including phenoxy) is 1. The fourth-order valence-corrected chi connectivity index (χ4v) is 1.09. The van der Waals surface area contributed by atoms with Gasteiger partial charge in [-0.1, -0.05) is 5.16 Å². The van der Waals surface area contributed by atoms with Crippen LogP contribution >= 0.6 is 0 Å². The molecule has 0 bridgehead atoms. The van der Waals surface area contributed by atoms with Crippen LogP contribution in [0.25, 0.3) is 0 Å². The van der Waals surface area contributed by atoms with Crippen molar-refractivity contribution in [2.75, 3.05) is 13.2 Å².